The molecule has 0 radical (unpaired) electrons. The third-order valence-electron chi connectivity index (χ3n) is 3.17. The molecule has 0 saturated heterocycles. The maximum absolute atomic E-state index is 12.8. The predicted octanol–water partition coefficient (Wildman–Crippen LogP) is 5.15. The standard InChI is InChI=1S/C16H16BrClN4O2S/c1-16(2,3)24-15(23)21(9-14-19-4-5-25-14)11-7-13(18)20-22-8-10(17)6-12(11)22/h4-8H,9H2,1-3H3. The molecule has 0 aliphatic carbocycles. The van der Waals surface area contributed by atoms with Gasteiger partial charge in [-0.05, 0) is 42.8 Å². The number of carbonyl (C=O) groups is 1. The van der Waals surface area contributed by atoms with Gasteiger partial charge in [0.25, 0.3) is 0 Å². The molecule has 25 heavy (non-hydrogen) atoms. The molecule has 0 spiro atoms. The van der Waals surface area contributed by atoms with Crippen LogP contribution < -0.4 is 4.90 Å². The van der Waals surface area contributed by atoms with Gasteiger partial charge >= 0.3 is 6.09 Å². The molecule has 3 heterocycles. The van der Waals surface area contributed by atoms with Gasteiger partial charge in [-0.2, -0.15) is 5.10 Å². The van der Waals surface area contributed by atoms with Gasteiger partial charge in [0.05, 0.1) is 17.7 Å². The fourth-order valence-corrected chi connectivity index (χ4v) is 3.46. The highest BCUT2D eigenvalue weighted by molar-refractivity contribution is 9.10. The van der Waals surface area contributed by atoms with Gasteiger partial charge in [-0.25, -0.2) is 14.3 Å². The van der Waals surface area contributed by atoms with Crippen molar-refractivity contribution in [1.29, 1.82) is 0 Å². The smallest absolute Gasteiger partial charge is 0.415 e. The van der Waals surface area contributed by atoms with Crippen LogP contribution in [0, 0.1) is 0 Å². The Labute approximate surface area is 162 Å². The first kappa shape index (κ1) is 18.2. The normalized spacial score (nSPS) is 11.7. The first-order valence-corrected chi connectivity index (χ1v) is 9.51. The molecule has 0 unspecified atom stereocenters. The molecule has 0 saturated carbocycles. The summed E-state index contributed by atoms with van der Waals surface area (Å²) in [7, 11) is 0. The van der Waals surface area contributed by atoms with E-state index < -0.39 is 11.7 Å². The Hall–Kier alpha value is -1.64. The highest BCUT2D eigenvalue weighted by atomic mass is 79.9. The molecule has 1 amide bonds. The van der Waals surface area contributed by atoms with Crippen LogP contribution in [0.5, 0.6) is 0 Å². The lowest BCUT2D eigenvalue weighted by molar-refractivity contribution is 0.0578. The summed E-state index contributed by atoms with van der Waals surface area (Å²) in [5.74, 6) is 0. The highest BCUT2D eigenvalue weighted by Crippen LogP contribution is 2.30. The SMILES string of the molecule is CC(C)(C)OC(=O)N(Cc1nccs1)c1cc(Cl)nn2cc(Br)cc12. The van der Waals surface area contributed by atoms with Crippen molar-refractivity contribution in [3.63, 3.8) is 0 Å². The van der Waals surface area contributed by atoms with E-state index in [1.54, 1.807) is 23.0 Å². The summed E-state index contributed by atoms with van der Waals surface area (Å²) in [6.07, 6.45) is 3.02. The molecular formula is C16H16BrClN4O2S. The largest absolute Gasteiger partial charge is 0.443 e. The molecule has 0 fully saturated rings. The van der Waals surface area contributed by atoms with E-state index in [9.17, 15) is 4.79 Å². The number of ether oxygens (including phenoxy) is 1. The van der Waals surface area contributed by atoms with Crippen molar-refractivity contribution in [2.75, 3.05) is 4.90 Å². The molecule has 0 aliphatic heterocycles. The van der Waals surface area contributed by atoms with Crippen molar-refractivity contribution in [3.05, 3.63) is 44.5 Å². The maximum Gasteiger partial charge on any atom is 0.415 e. The number of thiazole rings is 1. The summed E-state index contributed by atoms with van der Waals surface area (Å²) in [6, 6.07) is 3.53. The molecule has 0 N–H and O–H groups in total. The number of carbonyl (C=O) groups excluding carboxylic acids is 1. The van der Waals surface area contributed by atoms with Gasteiger partial charge in [0.15, 0.2) is 5.15 Å². The molecule has 3 aromatic rings. The number of hydrogen-bond donors (Lipinski definition) is 0. The van der Waals surface area contributed by atoms with Gasteiger partial charge in [-0.1, -0.05) is 11.6 Å². The number of halogens is 2. The minimum Gasteiger partial charge on any atom is -0.443 e. The van der Waals surface area contributed by atoms with Crippen LogP contribution in [0.3, 0.4) is 0 Å². The average molecular weight is 444 g/mol. The molecule has 0 atom stereocenters. The molecular weight excluding hydrogens is 428 g/mol. The molecule has 0 aliphatic rings. The van der Waals surface area contributed by atoms with Gasteiger partial charge in [0.1, 0.15) is 10.6 Å². The summed E-state index contributed by atoms with van der Waals surface area (Å²) in [5, 5.41) is 7.17. The zero-order valence-corrected chi connectivity index (χ0v) is 17.0. The van der Waals surface area contributed by atoms with Gasteiger partial charge in [0.2, 0.25) is 0 Å². The topological polar surface area (TPSA) is 59.7 Å². The Morgan fingerprint density at radius 2 is 2.20 bits per heavy atom. The minimum absolute atomic E-state index is 0.276. The van der Waals surface area contributed by atoms with Crippen molar-refractivity contribution in [2.45, 2.75) is 32.9 Å². The van der Waals surface area contributed by atoms with Crippen LogP contribution in [0.25, 0.3) is 5.52 Å². The van der Waals surface area contributed by atoms with Crippen LogP contribution >= 0.6 is 38.9 Å². The second kappa shape index (κ2) is 6.93. The van der Waals surface area contributed by atoms with E-state index in [0.29, 0.717) is 5.69 Å². The number of anilines is 1. The maximum atomic E-state index is 12.8. The second-order valence-electron chi connectivity index (χ2n) is 6.33. The van der Waals surface area contributed by atoms with E-state index in [0.717, 1.165) is 15.0 Å². The quantitative estimate of drug-likeness (QED) is 0.562. The monoisotopic (exact) mass is 442 g/mol. The second-order valence-corrected chi connectivity index (χ2v) is 8.61. The zero-order chi connectivity index (χ0) is 18.2. The Balaban J connectivity index is 2.09. The Kier molecular flexibility index (Phi) is 5.04. The fraction of sp³-hybridized carbons (Fsp3) is 0.312. The molecule has 0 bridgehead atoms. The van der Waals surface area contributed by atoms with E-state index in [1.807, 2.05) is 32.2 Å². The first-order chi connectivity index (χ1) is 11.7. The van der Waals surface area contributed by atoms with E-state index >= 15 is 0 Å². The molecule has 0 aromatic carbocycles. The van der Waals surface area contributed by atoms with Crippen molar-refractivity contribution in [1.82, 2.24) is 14.6 Å². The number of rotatable bonds is 3. The summed E-state index contributed by atoms with van der Waals surface area (Å²) in [5.41, 5.74) is 0.724. The van der Waals surface area contributed by atoms with Gasteiger partial charge in [-0.3, -0.25) is 4.90 Å². The molecule has 6 nitrogen and oxygen atoms in total. The number of aromatic nitrogens is 3. The fourth-order valence-electron chi connectivity index (χ4n) is 2.26. The number of hydrogen-bond acceptors (Lipinski definition) is 5. The van der Waals surface area contributed by atoms with Crippen molar-refractivity contribution in [2.24, 2.45) is 0 Å². The molecule has 132 valence electrons. The van der Waals surface area contributed by atoms with E-state index in [1.165, 1.54) is 16.2 Å². The predicted molar refractivity (Wildman–Crippen MR) is 102 cm³/mol. The number of fused-ring (bicyclic) bond motifs is 1. The Bertz CT molecular complexity index is 905. The van der Waals surface area contributed by atoms with E-state index in [-0.39, 0.29) is 11.7 Å². The average Bonchev–Trinajstić information content (AvgIpc) is 3.10. The van der Waals surface area contributed by atoms with E-state index in [4.69, 9.17) is 16.3 Å². The Morgan fingerprint density at radius 3 is 2.84 bits per heavy atom. The van der Waals surface area contributed by atoms with Crippen molar-refractivity contribution in [3.8, 4) is 0 Å². The third-order valence-corrected chi connectivity index (χ3v) is 4.55. The zero-order valence-electron chi connectivity index (χ0n) is 13.9. The van der Waals surface area contributed by atoms with Gasteiger partial charge < -0.3 is 4.74 Å². The lowest BCUT2D eigenvalue weighted by atomic mass is 10.2. The van der Waals surface area contributed by atoms with Crippen molar-refractivity contribution < 1.29 is 9.53 Å². The third kappa shape index (κ3) is 4.31. The van der Waals surface area contributed by atoms with E-state index in [2.05, 4.69) is 26.0 Å². The Morgan fingerprint density at radius 1 is 1.44 bits per heavy atom. The van der Waals surface area contributed by atoms with Gasteiger partial charge in [0, 0.05) is 28.3 Å². The first-order valence-electron chi connectivity index (χ1n) is 7.46. The number of nitrogens with zero attached hydrogens (tertiary/aromatic N) is 4. The summed E-state index contributed by atoms with van der Waals surface area (Å²) < 4.78 is 8.04. The van der Waals surface area contributed by atoms with Gasteiger partial charge in [-0.15, -0.1) is 11.3 Å². The van der Waals surface area contributed by atoms with Crippen LogP contribution in [-0.4, -0.2) is 26.3 Å². The van der Waals surface area contributed by atoms with Crippen LogP contribution in [0.4, 0.5) is 10.5 Å². The summed E-state index contributed by atoms with van der Waals surface area (Å²) in [6.45, 7) is 5.77. The molecule has 3 aromatic heterocycles. The van der Waals surface area contributed by atoms with Crippen molar-refractivity contribution >= 4 is 56.2 Å². The highest BCUT2D eigenvalue weighted by Gasteiger charge is 2.26. The lowest BCUT2D eigenvalue weighted by Gasteiger charge is -2.27. The van der Waals surface area contributed by atoms with Crippen LogP contribution in [0.15, 0.2) is 34.4 Å². The molecule has 3 rings (SSSR count). The van der Waals surface area contributed by atoms with Crippen LogP contribution in [0.1, 0.15) is 25.8 Å². The summed E-state index contributed by atoms with van der Waals surface area (Å²) >= 11 is 11.1. The summed E-state index contributed by atoms with van der Waals surface area (Å²) in [4.78, 5) is 18.6. The van der Waals surface area contributed by atoms with Crippen LogP contribution in [0.2, 0.25) is 5.15 Å². The van der Waals surface area contributed by atoms with Crippen LogP contribution in [-0.2, 0) is 11.3 Å². The minimum atomic E-state index is -0.617. The lowest BCUT2D eigenvalue weighted by Crippen LogP contribution is -2.36. The molecule has 9 heteroatoms. The number of amides is 1.